The fraction of sp³-hybridized carbons (Fsp3) is 0.0909. The van der Waals surface area contributed by atoms with Gasteiger partial charge in [-0.25, -0.2) is 0 Å². The van der Waals surface area contributed by atoms with Crippen LogP contribution >= 0.6 is 0 Å². The number of carbonyl (C=O) groups excluding carboxylic acids is 2. The van der Waals surface area contributed by atoms with Gasteiger partial charge in [-0.15, -0.1) is 0 Å². The van der Waals surface area contributed by atoms with Crippen LogP contribution in [-0.2, 0) is 0 Å². The molecule has 0 radical (unpaired) electrons. The van der Waals surface area contributed by atoms with Crippen molar-refractivity contribution in [2.24, 2.45) is 0 Å². The topological polar surface area (TPSA) is 67.4 Å². The molecule has 0 aliphatic carbocycles. The fourth-order valence-electron chi connectivity index (χ4n) is 2.63. The van der Waals surface area contributed by atoms with Crippen LogP contribution in [0.1, 0.15) is 26.3 Å². The van der Waals surface area contributed by atoms with Crippen molar-refractivity contribution in [2.75, 3.05) is 17.7 Å². The zero-order valence-corrected chi connectivity index (χ0v) is 15.2. The number of ether oxygens (including phenoxy) is 1. The number of rotatable bonds is 5. The third-order valence-corrected chi connectivity index (χ3v) is 4.02. The van der Waals surface area contributed by atoms with Gasteiger partial charge >= 0.3 is 0 Å². The molecule has 0 saturated heterocycles. The molecular weight excluding hydrogens is 340 g/mol. The summed E-state index contributed by atoms with van der Waals surface area (Å²) < 4.78 is 5.32. The van der Waals surface area contributed by atoms with Gasteiger partial charge in [0.25, 0.3) is 11.8 Å². The number of carbonyl (C=O) groups is 2. The van der Waals surface area contributed by atoms with E-state index in [9.17, 15) is 9.59 Å². The Bertz CT molecular complexity index is 968. The minimum Gasteiger partial charge on any atom is -0.495 e. The molecule has 0 atom stereocenters. The lowest BCUT2D eigenvalue weighted by Gasteiger charge is -2.12. The zero-order chi connectivity index (χ0) is 19.2. The third kappa shape index (κ3) is 4.52. The molecule has 0 spiro atoms. The van der Waals surface area contributed by atoms with E-state index >= 15 is 0 Å². The molecule has 0 saturated carbocycles. The molecule has 136 valence electrons. The summed E-state index contributed by atoms with van der Waals surface area (Å²) in [6.07, 6.45) is 0. The summed E-state index contributed by atoms with van der Waals surface area (Å²) in [6.45, 7) is 1.95. The molecule has 5 nitrogen and oxygen atoms in total. The van der Waals surface area contributed by atoms with Gasteiger partial charge in [-0.3, -0.25) is 9.59 Å². The summed E-state index contributed by atoms with van der Waals surface area (Å²) in [5, 5.41) is 5.64. The maximum atomic E-state index is 12.6. The number of hydrogen-bond acceptors (Lipinski definition) is 3. The number of aryl methyl sites for hydroxylation is 1. The van der Waals surface area contributed by atoms with Crippen molar-refractivity contribution in [3.05, 3.63) is 89.5 Å². The molecular formula is C22H20N2O3. The zero-order valence-electron chi connectivity index (χ0n) is 15.2. The Morgan fingerprint density at radius 2 is 1.48 bits per heavy atom. The van der Waals surface area contributed by atoms with E-state index in [4.69, 9.17) is 4.74 Å². The summed E-state index contributed by atoms with van der Waals surface area (Å²) in [5.74, 6) is 0.0817. The summed E-state index contributed by atoms with van der Waals surface area (Å²) in [6, 6.07) is 21.2. The molecule has 3 rings (SSSR count). The molecule has 0 bridgehead atoms. The second-order valence-electron chi connectivity index (χ2n) is 6.06. The Balaban J connectivity index is 1.75. The molecule has 3 aromatic rings. The highest BCUT2D eigenvalue weighted by molar-refractivity contribution is 6.07. The number of methoxy groups -OCH3 is 1. The Kier molecular flexibility index (Phi) is 5.52. The van der Waals surface area contributed by atoms with Crippen molar-refractivity contribution in [1.29, 1.82) is 0 Å². The van der Waals surface area contributed by atoms with E-state index in [1.807, 2.05) is 25.1 Å². The average molecular weight is 360 g/mol. The number of nitrogens with one attached hydrogen (secondary N) is 2. The lowest BCUT2D eigenvalue weighted by atomic mass is 10.1. The molecule has 0 aromatic heterocycles. The maximum Gasteiger partial charge on any atom is 0.255 e. The van der Waals surface area contributed by atoms with Gasteiger partial charge in [0, 0.05) is 16.8 Å². The summed E-state index contributed by atoms with van der Waals surface area (Å²) in [5.41, 5.74) is 3.16. The molecule has 0 aliphatic rings. The molecule has 0 fully saturated rings. The minimum atomic E-state index is -0.284. The third-order valence-electron chi connectivity index (χ3n) is 4.02. The van der Waals surface area contributed by atoms with Crippen LogP contribution < -0.4 is 15.4 Å². The largest absolute Gasteiger partial charge is 0.495 e. The van der Waals surface area contributed by atoms with E-state index in [2.05, 4.69) is 10.6 Å². The van der Waals surface area contributed by atoms with Gasteiger partial charge in [0.05, 0.1) is 12.8 Å². The monoisotopic (exact) mass is 360 g/mol. The van der Waals surface area contributed by atoms with Crippen LogP contribution in [0.4, 0.5) is 11.4 Å². The summed E-state index contributed by atoms with van der Waals surface area (Å²) in [4.78, 5) is 24.9. The quantitative estimate of drug-likeness (QED) is 0.703. The van der Waals surface area contributed by atoms with Crippen LogP contribution in [-0.4, -0.2) is 18.9 Å². The number of benzene rings is 3. The molecule has 5 heteroatoms. The fourth-order valence-corrected chi connectivity index (χ4v) is 2.63. The van der Waals surface area contributed by atoms with Gasteiger partial charge in [-0.2, -0.15) is 0 Å². The predicted molar refractivity (Wildman–Crippen MR) is 107 cm³/mol. The standard InChI is InChI=1S/C22H20N2O3/c1-15-11-12-19(20(13-15)27-2)24-22(26)17-9-6-10-18(14-17)23-21(25)16-7-4-3-5-8-16/h3-14H,1-2H3,(H,23,25)(H,24,26). The minimum absolute atomic E-state index is 0.228. The second-order valence-corrected chi connectivity index (χ2v) is 6.06. The highest BCUT2D eigenvalue weighted by Gasteiger charge is 2.12. The molecule has 0 heterocycles. The van der Waals surface area contributed by atoms with Crippen molar-refractivity contribution >= 4 is 23.2 Å². The van der Waals surface area contributed by atoms with Gasteiger partial charge in [0.2, 0.25) is 0 Å². The highest BCUT2D eigenvalue weighted by atomic mass is 16.5. The van der Waals surface area contributed by atoms with Gasteiger partial charge in [-0.1, -0.05) is 30.3 Å². The van der Waals surface area contributed by atoms with E-state index in [0.29, 0.717) is 28.3 Å². The first-order valence-corrected chi connectivity index (χ1v) is 8.49. The SMILES string of the molecule is COc1cc(C)ccc1NC(=O)c1cccc(NC(=O)c2ccccc2)c1. The number of amides is 2. The first-order chi connectivity index (χ1) is 13.1. The van der Waals surface area contributed by atoms with Gasteiger partial charge in [0.1, 0.15) is 5.75 Å². The van der Waals surface area contributed by atoms with E-state index in [1.165, 1.54) is 0 Å². The molecule has 3 aromatic carbocycles. The molecule has 0 unspecified atom stereocenters. The maximum absolute atomic E-state index is 12.6. The summed E-state index contributed by atoms with van der Waals surface area (Å²) >= 11 is 0. The van der Waals surface area contributed by atoms with Crippen LogP contribution in [0.2, 0.25) is 0 Å². The Morgan fingerprint density at radius 1 is 0.778 bits per heavy atom. The Hall–Kier alpha value is -3.60. The van der Waals surface area contributed by atoms with E-state index in [1.54, 1.807) is 61.7 Å². The molecule has 0 aliphatic heterocycles. The van der Waals surface area contributed by atoms with Crippen molar-refractivity contribution in [3.63, 3.8) is 0 Å². The highest BCUT2D eigenvalue weighted by Crippen LogP contribution is 2.26. The van der Waals surface area contributed by atoms with Crippen LogP contribution in [0.15, 0.2) is 72.8 Å². The van der Waals surface area contributed by atoms with Crippen molar-refractivity contribution < 1.29 is 14.3 Å². The van der Waals surface area contributed by atoms with Crippen molar-refractivity contribution in [2.45, 2.75) is 6.92 Å². The van der Waals surface area contributed by atoms with Crippen LogP contribution in [0, 0.1) is 6.92 Å². The normalized spacial score (nSPS) is 10.1. The van der Waals surface area contributed by atoms with Crippen molar-refractivity contribution in [1.82, 2.24) is 0 Å². The van der Waals surface area contributed by atoms with Gasteiger partial charge in [0.15, 0.2) is 0 Å². The molecule has 27 heavy (non-hydrogen) atoms. The lowest BCUT2D eigenvalue weighted by Crippen LogP contribution is -2.15. The van der Waals surface area contributed by atoms with Gasteiger partial charge < -0.3 is 15.4 Å². The van der Waals surface area contributed by atoms with Crippen LogP contribution in [0.5, 0.6) is 5.75 Å². The molecule has 2 amide bonds. The first-order valence-electron chi connectivity index (χ1n) is 8.49. The second kappa shape index (κ2) is 8.19. The number of anilines is 2. The summed E-state index contributed by atoms with van der Waals surface area (Å²) in [7, 11) is 1.56. The van der Waals surface area contributed by atoms with E-state index in [0.717, 1.165) is 5.56 Å². The first kappa shape index (κ1) is 18.2. The average Bonchev–Trinajstić information content (AvgIpc) is 2.70. The van der Waals surface area contributed by atoms with Crippen LogP contribution in [0.25, 0.3) is 0 Å². The smallest absolute Gasteiger partial charge is 0.255 e. The molecule has 2 N–H and O–H groups in total. The van der Waals surface area contributed by atoms with Crippen LogP contribution in [0.3, 0.4) is 0 Å². The van der Waals surface area contributed by atoms with E-state index < -0.39 is 0 Å². The predicted octanol–water partition coefficient (Wildman–Crippen LogP) is 4.51. The Labute approximate surface area is 158 Å². The van der Waals surface area contributed by atoms with Crippen molar-refractivity contribution in [3.8, 4) is 5.75 Å². The lowest BCUT2D eigenvalue weighted by molar-refractivity contribution is 0.101. The Morgan fingerprint density at radius 3 is 2.22 bits per heavy atom. The van der Waals surface area contributed by atoms with Gasteiger partial charge in [-0.05, 0) is 55.0 Å². The van der Waals surface area contributed by atoms with E-state index in [-0.39, 0.29) is 11.8 Å². The number of hydrogen-bond donors (Lipinski definition) is 2.